The van der Waals surface area contributed by atoms with Crippen LogP contribution in [0.4, 0.5) is 5.69 Å². The number of hydrogen-bond donors (Lipinski definition) is 0. The van der Waals surface area contributed by atoms with Crippen LogP contribution in [0.15, 0.2) is 77.7 Å². The maximum Gasteiger partial charge on any atom is 0.266 e. The fourth-order valence-electron chi connectivity index (χ4n) is 5.23. The Labute approximate surface area is 242 Å². The molecule has 3 aromatic carbocycles. The minimum Gasteiger partial charge on any atom is -0.492 e. The lowest BCUT2D eigenvalue weighted by Crippen LogP contribution is -2.34. The number of anilines is 1. The second-order valence-corrected chi connectivity index (χ2v) is 12.5. The van der Waals surface area contributed by atoms with E-state index in [1.54, 1.807) is 30.3 Å². The van der Waals surface area contributed by atoms with Crippen molar-refractivity contribution in [1.82, 2.24) is 4.90 Å². The van der Waals surface area contributed by atoms with Crippen LogP contribution in [-0.2, 0) is 14.8 Å². The van der Waals surface area contributed by atoms with Gasteiger partial charge in [0.15, 0.2) is 6.29 Å². The van der Waals surface area contributed by atoms with E-state index in [2.05, 4.69) is 4.90 Å². The van der Waals surface area contributed by atoms with Gasteiger partial charge < -0.3 is 14.2 Å². The number of likely N-dealkylation sites (tertiary alicyclic amines) is 1. The second kappa shape index (κ2) is 13.3. The molecular formula is C31H37ClN2O5S. The summed E-state index contributed by atoms with van der Waals surface area (Å²) < 4.78 is 47.2. The van der Waals surface area contributed by atoms with Crippen LogP contribution in [0, 0.1) is 0 Å². The lowest BCUT2D eigenvalue weighted by atomic mass is 10.1. The Morgan fingerprint density at radius 1 is 0.950 bits per heavy atom. The van der Waals surface area contributed by atoms with Crippen molar-refractivity contribution in [2.75, 3.05) is 37.2 Å². The van der Waals surface area contributed by atoms with Gasteiger partial charge in [-0.1, -0.05) is 35.9 Å². The minimum atomic E-state index is -4.00. The summed E-state index contributed by atoms with van der Waals surface area (Å²) in [5.41, 5.74) is 1.34. The number of hydrogen-bond acceptors (Lipinski definition) is 6. The predicted octanol–water partition coefficient (Wildman–Crippen LogP) is 6.68. The number of nitrogens with zero attached hydrogens (tertiary/aromatic N) is 2. The molecule has 0 aliphatic carbocycles. The Kier molecular flexibility index (Phi) is 9.52. The summed E-state index contributed by atoms with van der Waals surface area (Å²) in [6.07, 6.45) is 5.24. The first-order chi connectivity index (χ1) is 19.4. The van der Waals surface area contributed by atoms with Gasteiger partial charge in [-0.2, -0.15) is 0 Å². The molecule has 2 atom stereocenters. The van der Waals surface area contributed by atoms with E-state index >= 15 is 0 Å². The zero-order chi connectivity index (χ0) is 28.0. The third kappa shape index (κ3) is 6.92. The molecule has 2 heterocycles. The van der Waals surface area contributed by atoms with Crippen LogP contribution in [-0.4, -0.2) is 52.5 Å². The molecule has 0 N–H and O–H groups in total. The summed E-state index contributed by atoms with van der Waals surface area (Å²) in [6.45, 7) is 6.30. The molecule has 0 aromatic heterocycles. The van der Waals surface area contributed by atoms with Crippen LogP contribution in [0.5, 0.6) is 11.5 Å². The van der Waals surface area contributed by atoms with Gasteiger partial charge in [-0.05, 0) is 99.8 Å². The van der Waals surface area contributed by atoms with Crippen molar-refractivity contribution in [3.05, 3.63) is 83.4 Å². The molecule has 7 nitrogen and oxygen atoms in total. The summed E-state index contributed by atoms with van der Waals surface area (Å²) in [5, 5.41) is 0.179. The van der Waals surface area contributed by atoms with E-state index in [9.17, 15) is 8.42 Å². The molecule has 2 saturated heterocycles. The molecular weight excluding hydrogens is 548 g/mol. The molecule has 0 radical (unpaired) electrons. The third-order valence-corrected chi connectivity index (χ3v) is 9.86. The van der Waals surface area contributed by atoms with Crippen LogP contribution in [0.1, 0.15) is 50.6 Å². The molecule has 0 amide bonds. The first kappa shape index (κ1) is 28.7. The summed E-state index contributed by atoms with van der Waals surface area (Å²) in [5.74, 6) is 1.40. The van der Waals surface area contributed by atoms with E-state index in [1.807, 2.05) is 43.3 Å². The topological polar surface area (TPSA) is 68.3 Å². The monoisotopic (exact) mass is 584 g/mol. The molecule has 2 aliphatic heterocycles. The van der Waals surface area contributed by atoms with Crippen molar-refractivity contribution in [2.45, 2.75) is 56.3 Å². The van der Waals surface area contributed by atoms with E-state index < -0.39 is 16.1 Å². The van der Waals surface area contributed by atoms with Crippen molar-refractivity contribution in [3.8, 4) is 11.5 Å². The maximum atomic E-state index is 14.1. The molecule has 0 bridgehead atoms. The Bertz CT molecular complexity index is 1340. The smallest absolute Gasteiger partial charge is 0.266 e. The van der Waals surface area contributed by atoms with E-state index in [1.165, 1.54) is 23.2 Å². The van der Waals surface area contributed by atoms with Crippen LogP contribution in [0.2, 0.25) is 5.02 Å². The Hall–Kier alpha value is -2.78. The van der Waals surface area contributed by atoms with Gasteiger partial charge in [0.25, 0.3) is 10.0 Å². The number of sulfonamides is 1. The second-order valence-electron chi connectivity index (χ2n) is 10.3. The maximum absolute atomic E-state index is 14.1. The standard InChI is InChI=1S/C31H37ClN2O5S/c1-24(25-11-15-28(16-12-25)39-31-10-4-7-22-38-31)34(40(35,36)30-9-3-2-8-29(30)32)26-13-17-27(18-14-26)37-23-21-33-19-5-6-20-33/h2-3,8-9,11-18,24,31H,4-7,10,19-23H2,1H3. The van der Waals surface area contributed by atoms with Gasteiger partial charge in [0.05, 0.1) is 23.4 Å². The van der Waals surface area contributed by atoms with Gasteiger partial charge in [0.1, 0.15) is 23.0 Å². The van der Waals surface area contributed by atoms with Gasteiger partial charge in [0.2, 0.25) is 0 Å². The van der Waals surface area contributed by atoms with Crippen molar-refractivity contribution in [1.29, 1.82) is 0 Å². The normalized spacial score (nSPS) is 18.8. The van der Waals surface area contributed by atoms with Crippen LogP contribution in [0.25, 0.3) is 0 Å². The molecule has 2 unspecified atom stereocenters. The SMILES string of the molecule is CC(c1ccc(OC2CCCCO2)cc1)N(c1ccc(OCCN2CCCC2)cc1)S(=O)(=O)c1ccccc1Cl. The first-order valence-corrected chi connectivity index (χ1v) is 15.9. The van der Waals surface area contributed by atoms with Crippen molar-refractivity contribution < 1.29 is 22.6 Å². The number of halogens is 1. The highest BCUT2D eigenvalue weighted by Gasteiger charge is 2.32. The van der Waals surface area contributed by atoms with Crippen LogP contribution >= 0.6 is 11.6 Å². The molecule has 2 fully saturated rings. The summed E-state index contributed by atoms with van der Waals surface area (Å²) >= 11 is 6.38. The van der Waals surface area contributed by atoms with Crippen molar-refractivity contribution in [2.24, 2.45) is 0 Å². The van der Waals surface area contributed by atoms with Crippen molar-refractivity contribution in [3.63, 3.8) is 0 Å². The molecule has 3 aromatic rings. The molecule has 5 rings (SSSR count). The number of benzene rings is 3. The van der Waals surface area contributed by atoms with Gasteiger partial charge in [-0.15, -0.1) is 0 Å². The molecule has 9 heteroatoms. The summed E-state index contributed by atoms with van der Waals surface area (Å²) in [7, 11) is -4.00. The zero-order valence-corrected chi connectivity index (χ0v) is 24.4. The highest BCUT2D eigenvalue weighted by atomic mass is 35.5. The lowest BCUT2D eigenvalue weighted by molar-refractivity contribution is -0.105. The Morgan fingerprint density at radius 3 is 2.33 bits per heavy atom. The lowest BCUT2D eigenvalue weighted by Gasteiger charge is -2.31. The summed E-state index contributed by atoms with van der Waals surface area (Å²) in [6, 6.07) is 20.7. The molecule has 0 saturated carbocycles. The molecule has 0 spiro atoms. The first-order valence-electron chi connectivity index (χ1n) is 14.0. The Morgan fingerprint density at radius 2 is 1.65 bits per heavy atom. The highest BCUT2D eigenvalue weighted by Crippen LogP contribution is 2.36. The van der Waals surface area contributed by atoms with E-state index in [0.29, 0.717) is 30.4 Å². The third-order valence-electron chi connectivity index (χ3n) is 7.46. The number of rotatable bonds is 11. The van der Waals surface area contributed by atoms with Crippen molar-refractivity contribution >= 4 is 27.3 Å². The van der Waals surface area contributed by atoms with Crippen LogP contribution < -0.4 is 13.8 Å². The van der Waals surface area contributed by atoms with Gasteiger partial charge in [0, 0.05) is 13.0 Å². The van der Waals surface area contributed by atoms with E-state index in [-0.39, 0.29) is 16.2 Å². The molecule has 2 aliphatic rings. The fraction of sp³-hybridized carbons (Fsp3) is 0.419. The zero-order valence-electron chi connectivity index (χ0n) is 22.9. The van der Waals surface area contributed by atoms with Gasteiger partial charge in [-0.25, -0.2) is 8.42 Å². The minimum absolute atomic E-state index is 0.0591. The largest absolute Gasteiger partial charge is 0.492 e. The average molecular weight is 585 g/mol. The van der Waals surface area contributed by atoms with Crippen LogP contribution in [0.3, 0.4) is 0 Å². The quantitative estimate of drug-likeness (QED) is 0.250. The van der Waals surface area contributed by atoms with E-state index in [0.717, 1.165) is 44.5 Å². The van der Waals surface area contributed by atoms with Gasteiger partial charge in [-0.3, -0.25) is 9.21 Å². The predicted molar refractivity (Wildman–Crippen MR) is 158 cm³/mol. The number of ether oxygens (including phenoxy) is 3. The summed E-state index contributed by atoms with van der Waals surface area (Å²) in [4.78, 5) is 2.45. The van der Waals surface area contributed by atoms with E-state index in [4.69, 9.17) is 25.8 Å². The van der Waals surface area contributed by atoms with Gasteiger partial charge >= 0.3 is 0 Å². The molecule has 40 heavy (non-hydrogen) atoms. The average Bonchev–Trinajstić information content (AvgIpc) is 3.49. The Balaban J connectivity index is 1.37. The fourth-order valence-corrected chi connectivity index (χ4v) is 7.38. The molecule has 214 valence electrons. The highest BCUT2D eigenvalue weighted by molar-refractivity contribution is 7.93.